The van der Waals surface area contributed by atoms with Gasteiger partial charge in [-0.25, -0.2) is 0 Å². The largest absolute Gasteiger partial charge is 0.415 e. The number of hydrogen-bond acceptors (Lipinski definition) is 1. The maximum atomic E-state index is 6.95. The van der Waals surface area contributed by atoms with Crippen LogP contribution in [0.25, 0.3) is 0 Å². The van der Waals surface area contributed by atoms with Crippen LogP contribution in [0.3, 0.4) is 0 Å². The molecule has 0 aliphatic rings. The Morgan fingerprint density at radius 1 is 0.826 bits per heavy atom. The van der Waals surface area contributed by atoms with Crippen molar-refractivity contribution in [3.8, 4) is 0 Å². The monoisotopic (exact) mass is 334 g/mol. The van der Waals surface area contributed by atoms with Gasteiger partial charge in [-0.1, -0.05) is 85.7 Å². The zero-order valence-electron chi connectivity index (χ0n) is 16.6. The Morgan fingerprint density at radius 2 is 1.26 bits per heavy atom. The summed E-state index contributed by atoms with van der Waals surface area (Å²) in [5.74, 6) is 0. The van der Waals surface area contributed by atoms with Gasteiger partial charge in [0.05, 0.1) is 0 Å². The van der Waals surface area contributed by atoms with E-state index < -0.39 is 8.32 Å². The van der Waals surface area contributed by atoms with Crippen molar-refractivity contribution in [3.05, 3.63) is 35.9 Å². The van der Waals surface area contributed by atoms with Crippen LogP contribution >= 0.6 is 0 Å². The molecule has 0 aliphatic heterocycles. The summed E-state index contributed by atoms with van der Waals surface area (Å²) in [7, 11) is -1.80. The lowest BCUT2D eigenvalue weighted by Gasteiger charge is -2.45. The fraction of sp³-hybridized carbons (Fsp3) is 0.714. The summed E-state index contributed by atoms with van der Waals surface area (Å²) in [6.45, 7) is 19.7. The van der Waals surface area contributed by atoms with Crippen molar-refractivity contribution in [2.24, 2.45) is 0 Å². The maximum absolute atomic E-state index is 6.95. The highest BCUT2D eigenvalue weighted by molar-refractivity contribution is 6.77. The van der Waals surface area contributed by atoms with Crippen LogP contribution in [0.2, 0.25) is 16.6 Å². The van der Waals surface area contributed by atoms with Crippen LogP contribution in [-0.4, -0.2) is 14.9 Å². The fourth-order valence-corrected chi connectivity index (χ4v) is 10.0. The van der Waals surface area contributed by atoms with Crippen LogP contribution in [-0.2, 0) is 9.84 Å². The number of hydrogen-bond donors (Lipinski definition) is 0. The molecule has 0 amide bonds. The Balaban J connectivity index is 3.14. The van der Waals surface area contributed by atoms with E-state index in [2.05, 4.69) is 85.7 Å². The molecule has 1 nitrogen and oxygen atoms in total. The predicted molar refractivity (Wildman–Crippen MR) is 106 cm³/mol. The van der Waals surface area contributed by atoms with E-state index in [1.54, 1.807) is 0 Å². The summed E-state index contributed by atoms with van der Waals surface area (Å²) in [4.78, 5) is 0. The van der Waals surface area contributed by atoms with E-state index in [-0.39, 0.29) is 5.41 Å². The minimum atomic E-state index is -1.80. The summed E-state index contributed by atoms with van der Waals surface area (Å²) in [5, 5.41) is 0. The standard InChI is InChI=1S/C21H38OSi/c1-9-21(10-2,20-14-12-11-13-15-20)16-22-23(17(3)4,18(5)6)19(7)8/h11-15,17-19H,9-10,16H2,1-8H3. The van der Waals surface area contributed by atoms with Crippen LogP contribution < -0.4 is 0 Å². The third kappa shape index (κ3) is 4.08. The molecule has 1 aromatic carbocycles. The van der Waals surface area contributed by atoms with Gasteiger partial charge in [0.1, 0.15) is 0 Å². The van der Waals surface area contributed by atoms with Gasteiger partial charge in [0.25, 0.3) is 0 Å². The molecule has 1 rings (SSSR count). The van der Waals surface area contributed by atoms with E-state index in [9.17, 15) is 0 Å². The molecule has 0 fully saturated rings. The van der Waals surface area contributed by atoms with Gasteiger partial charge in [0.15, 0.2) is 8.32 Å². The van der Waals surface area contributed by atoms with E-state index >= 15 is 0 Å². The zero-order valence-corrected chi connectivity index (χ0v) is 17.6. The summed E-state index contributed by atoms with van der Waals surface area (Å²) >= 11 is 0. The molecule has 132 valence electrons. The van der Waals surface area contributed by atoms with E-state index in [0.717, 1.165) is 19.4 Å². The minimum absolute atomic E-state index is 0.151. The van der Waals surface area contributed by atoms with Gasteiger partial charge in [0.2, 0.25) is 0 Å². The van der Waals surface area contributed by atoms with Crippen molar-refractivity contribution >= 4 is 8.32 Å². The lowest BCUT2D eigenvalue weighted by atomic mass is 9.77. The van der Waals surface area contributed by atoms with Crippen LogP contribution in [0.15, 0.2) is 30.3 Å². The molecule has 0 spiro atoms. The average Bonchev–Trinajstić information content (AvgIpc) is 2.52. The topological polar surface area (TPSA) is 9.23 Å². The molecule has 0 saturated carbocycles. The van der Waals surface area contributed by atoms with Crippen molar-refractivity contribution in [2.45, 2.75) is 90.3 Å². The SMILES string of the molecule is CCC(CC)(CO[Si](C(C)C)(C(C)C)C(C)C)c1ccccc1. The molecule has 2 heteroatoms. The van der Waals surface area contributed by atoms with Crippen molar-refractivity contribution in [3.63, 3.8) is 0 Å². The van der Waals surface area contributed by atoms with Crippen molar-refractivity contribution in [2.75, 3.05) is 6.61 Å². The molecule has 0 heterocycles. The molecule has 1 aromatic rings. The quantitative estimate of drug-likeness (QED) is 0.444. The van der Waals surface area contributed by atoms with Gasteiger partial charge >= 0.3 is 0 Å². The van der Waals surface area contributed by atoms with E-state index in [1.807, 2.05) is 0 Å². The molecule has 23 heavy (non-hydrogen) atoms. The fourth-order valence-electron chi connectivity index (χ4n) is 4.50. The second-order valence-corrected chi connectivity index (χ2v) is 13.4. The van der Waals surface area contributed by atoms with Crippen molar-refractivity contribution < 1.29 is 4.43 Å². The van der Waals surface area contributed by atoms with Gasteiger partial charge in [0, 0.05) is 12.0 Å². The third-order valence-electron chi connectivity index (χ3n) is 6.05. The molecule has 0 aromatic heterocycles. The number of rotatable bonds is 9. The summed E-state index contributed by atoms with van der Waals surface area (Å²) < 4.78 is 6.95. The Labute approximate surface area is 146 Å². The molecule has 0 radical (unpaired) electrons. The van der Waals surface area contributed by atoms with E-state index in [1.165, 1.54) is 5.56 Å². The second kappa shape index (κ2) is 8.48. The highest BCUT2D eigenvalue weighted by Gasteiger charge is 2.46. The normalized spacial score (nSPS) is 13.3. The lowest BCUT2D eigenvalue weighted by Crippen LogP contribution is -2.50. The Morgan fingerprint density at radius 3 is 1.61 bits per heavy atom. The van der Waals surface area contributed by atoms with Crippen LogP contribution in [0, 0.1) is 0 Å². The van der Waals surface area contributed by atoms with Gasteiger partial charge < -0.3 is 4.43 Å². The first kappa shape index (κ1) is 20.4. The lowest BCUT2D eigenvalue weighted by molar-refractivity contribution is 0.181. The van der Waals surface area contributed by atoms with E-state index in [0.29, 0.717) is 16.6 Å². The first-order valence-corrected chi connectivity index (χ1v) is 11.6. The summed E-state index contributed by atoms with van der Waals surface area (Å²) in [5.41, 5.74) is 3.52. The third-order valence-corrected chi connectivity index (χ3v) is 12.1. The smallest absolute Gasteiger partial charge is 0.200 e. The molecule has 0 unspecified atom stereocenters. The molecular weight excluding hydrogens is 296 g/mol. The van der Waals surface area contributed by atoms with Gasteiger partial charge in [-0.05, 0) is 35.0 Å². The highest BCUT2D eigenvalue weighted by Crippen LogP contribution is 2.44. The molecule has 0 atom stereocenters. The average molecular weight is 335 g/mol. The molecule has 0 saturated heterocycles. The van der Waals surface area contributed by atoms with Gasteiger partial charge in [-0.3, -0.25) is 0 Å². The summed E-state index contributed by atoms with van der Waals surface area (Å²) in [6, 6.07) is 11.0. The molecular formula is C21H38OSi. The highest BCUT2D eigenvalue weighted by atomic mass is 28.4. The van der Waals surface area contributed by atoms with Crippen molar-refractivity contribution in [1.29, 1.82) is 0 Å². The van der Waals surface area contributed by atoms with Gasteiger partial charge in [-0.2, -0.15) is 0 Å². The summed E-state index contributed by atoms with van der Waals surface area (Å²) in [6.07, 6.45) is 2.26. The van der Waals surface area contributed by atoms with Crippen LogP contribution in [0.4, 0.5) is 0 Å². The first-order chi connectivity index (χ1) is 10.8. The predicted octanol–water partition coefficient (Wildman–Crippen LogP) is 6.94. The molecule has 0 bridgehead atoms. The Kier molecular flexibility index (Phi) is 7.54. The molecule has 0 N–H and O–H groups in total. The number of benzene rings is 1. The Hall–Kier alpha value is -0.603. The first-order valence-electron chi connectivity index (χ1n) is 9.46. The van der Waals surface area contributed by atoms with Gasteiger partial charge in [-0.15, -0.1) is 0 Å². The minimum Gasteiger partial charge on any atom is -0.415 e. The van der Waals surface area contributed by atoms with Crippen molar-refractivity contribution in [1.82, 2.24) is 0 Å². The second-order valence-electron chi connectivity index (χ2n) is 7.96. The van der Waals surface area contributed by atoms with Crippen LogP contribution in [0.1, 0.15) is 73.8 Å². The Bertz CT molecular complexity index is 424. The zero-order chi connectivity index (χ0) is 17.7. The van der Waals surface area contributed by atoms with E-state index in [4.69, 9.17) is 4.43 Å². The maximum Gasteiger partial charge on any atom is 0.200 e. The molecule has 0 aliphatic carbocycles. The van der Waals surface area contributed by atoms with Crippen LogP contribution in [0.5, 0.6) is 0 Å².